The Morgan fingerprint density at radius 1 is 1.29 bits per heavy atom. The number of nitrogens with zero attached hydrogens (tertiary/aromatic N) is 2. The van der Waals surface area contributed by atoms with E-state index in [1.54, 1.807) is 0 Å². The van der Waals surface area contributed by atoms with E-state index in [9.17, 15) is 5.11 Å². The average molecular weight is 234 g/mol. The third kappa shape index (κ3) is 2.99. The molecule has 1 heterocycles. The number of hydrogen-bond donors (Lipinski definition) is 1. The summed E-state index contributed by atoms with van der Waals surface area (Å²) in [7, 11) is 4.11. The van der Waals surface area contributed by atoms with Gasteiger partial charge in [0.2, 0.25) is 0 Å². The maximum atomic E-state index is 9.28. The van der Waals surface area contributed by atoms with Crippen molar-refractivity contribution < 1.29 is 5.11 Å². The summed E-state index contributed by atoms with van der Waals surface area (Å²) in [5.74, 6) is 0. The molecule has 1 N–H and O–H groups in total. The lowest BCUT2D eigenvalue weighted by Crippen LogP contribution is -2.31. The van der Waals surface area contributed by atoms with Crippen LogP contribution in [-0.4, -0.2) is 43.3 Å². The first-order valence-electron chi connectivity index (χ1n) is 6.32. The molecular formula is C14H22N2O. The smallest absolute Gasteiger partial charge is 0.0587 e. The number of likely N-dealkylation sites (tertiary alicyclic amines) is 1. The molecule has 0 radical (unpaired) electrons. The van der Waals surface area contributed by atoms with Crippen LogP contribution in [0.15, 0.2) is 24.3 Å². The molecule has 94 valence electrons. The number of rotatable bonds is 4. The minimum Gasteiger partial charge on any atom is -0.395 e. The van der Waals surface area contributed by atoms with Gasteiger partial charge in [0.25, 0.3) is 0 Å². The summed E-state index contributed by atoms with van der Waals surface area (Å²) in [4.78, 5) is 4.49. The van der Waals surface area contributed by atoms with Crippen molar-refractivity contribution in [3.63, 3.8) is 0 Å². The molecule has 2 rings (SSSR count). The van der Waals surface area contributed by atoms with E-state index < -0.39 is 0 Å². The Morgan fingerprint density at radius 2 is 2.00 bits per heavy atom. The predicted octanol–water partition coefficient (Wildman–Crippen LogP) is 1.71. The number of benzene rings is 1. The zero-order valence-electron chi connectivity index (χ0n) is 10.8. The molecule has 1 unspecified atom stereocenters. The number of aliphatic hydroxyl groups is 1. The summed E-state index contributed by atoms with van der Waals surface area (Å²) < 4.78 is 0. The van der Waals surface area contributed by atoms with Crippen molar-refractivity contribution in [3.05, 3.63) is 29.8 Å². The van der Waals surface area contributed by atoms with Gasteiger partial charge in [0.1, 0.15) is 0 Å². The second-order valence-electron chi connectivity index (χ2n) is 5.01. The Bertz CT molecular complexity index is 348. The van der Waals surface area contributed by atoms with Gasteiger partial charge >= 0.3 is 0 Å². The van der Waals surface area contributed by atoms with Crippen LogP contribution in [0, 0.1) is 0 Å². The van der Waals surface area contributed by atoms with Crippen molar-refractivity contribution in [1.29, 1.82) is 0 Å². The van der Waals surface area contributed by atoms with Gasteiger partial charge in [0.15, 0.2) is 0 Å². The highest BCUT2D eigenvalue weighted by atomic mass is 16.3. The molecule has 3 nitrogen and oxygen atoms in total. The van der Waals surface area contributed by atoms with Gasteiger partial charge < -0.3 is 10.0 Å². The summed E-state index contributed by atoms with van der Waals surface area (Å²) >= 11 is 0. The zero-order valence-corrected chi connectivity index (χ0v) is 10.8. The maximum Gasteiger partial charge on any atom is 0.0587 e. The quantitative estimate of drug-likeness (QED) is 0.859. The Kier molecular flexibility index (Phi) is 4.02. The van der Waals surface area contributed by atoms with E-state index in [2.05, 4.69) is 48.2 Å². The second kappa shape index (κ2) is 5.52. The molecule has 0 spiro atoms. The van der Waals surface area contributed by atoms with Crippen LogP contribution in [0.3, 0.4) is 0 Å². The lowest BCUT2D eigenvalue weighted by Gasteiger charge is -2.23. The molecule has 0 amide bonds. The Hall–Kier alpha value is -1.06. The first-order valence-corrected chi connectivity index (χ1v) is 6.32. The molecule has 1 aliphatic heterocycles. The monoisotopic (exact) mass is 234 g/mol. The molecule has 1 aliphatic rings. The third-order valence-corrected chi connectivity index (χ3v) is 3.55. The van der Waals surface area contributed by atoms with Crippen LogP contribution in [0.4, 0.5) is 5.69 Å². The molecule has 3 heteroatoms. The summed E-state index contributed by atoms with van der Waals surface area (Å²) in [6.45, 7) is 2.36. The summed E-state index contributed by atoms with van der Waals surface area (Å²) in [5.41, 5.74) is 2.56. The van der Waals surface area contributed by atoms with Crippen molar-refractivity contribution in [1.82, 2.24) is 4.90 Å². The van der Waals surface area contributed by atoms with Crippen molar-refractivity contribution in [2.45, 2.75) is 25.4 Å². The summed E-state index contributed by atoms with van der Waals surface area (Å²) in [5, 5.41) is 9.28. The molecule has 1 aromatic rings. The minimum absolute atomic E-state index is 0.287. The van der Waals surface area contributed by atoms with Gasteiger partial charge in [-0.25, -0.2) is 0 Å². The fourth-order valence-corrected chi connectivity index (χ4v) is 2.44. The molecule has 0 saturated carbocycles. The van der Waals surface area contributed by atoms with E-state index in [4.69, 9.17) is 0 Å². The molecule has 1 aromatic carbocycles. The van der Waals surface area contributed by atoms with Gasteiger partial charge in [-0.3, -0.25) is 4.90 Å². The van der Waals surface area contributed by atoms with Gasteiger partial charge in [-0.15, -0.1) is 0 Å². The van der Waals surface area contributed by atoms with E-state index in [0.717, 1.165) is 19.5 Å². The van der Waals surface area contributed by atoms with E-state index >= 15 is 0 Å². The zero-order chi connectivity index (χ0) is 12.3. The highest BCUT2D eigenvalue weighted by Crippen LogP contribution is 2.20. The maximum absolute atomic E-state index is 9.28. The molecule has 0 aliphatic carbocycles. The first kappa shape index (κ1) is 12.4. The molecule has 0 aromatic heterocycles. The second-order valence-corrected chi connectivity index (χ2v) is 5.01. The van der Waals surface area contributed by atoms with Crippen molar-refractivity contribution in [3.8, 4) is 0 Å². The third-order valence-electron chi connectivity index (χ3n) is 3.55. The van der Waals surface area contributed by atoms with Crippen molar-refractivity contribution >= 4 is 5.69 Å². The van der Waals surface area contributed by atoms with Gasteiger partial charge in [0, 0.05) is 32.4 Å². The van der Waals surface area contributed by atoms with Crippen molar-refractivity contribution in [2.75, 3.05) is 32.1 Å². The lowest BCUT2D eigenvalue weighted by molar-refractivity contribution is 0.153. The Labute approximate surface area is 104 Å². The van der Waals surface area contributed by atoms with E-state index in [1.807, 2.05) is 0 Å². The molecule has 17 heavy (non-hydrogen) atoms. The highest BCUT2D eigenvalue weighted by Gasteiger charge is 2.23. The highest BCUT2D eigenvalue weighted by molar-refractivity contribution is 5.45. The summed E-state index contributed by atoms with van der Waals surface area (Å²) in [6.07, 6.45) is 2.34. The summed E-state index contributed by atoms with van der Waals surface area (Å²) in [6, 6.07) is 9.03. The van der Waals surface area contributed by atoms with Crippen LogP contribution in [0.2, 0.25) is 0 Å². The average Bonchev–Trinajstić information content (AvgIpc) is 2.77. The van der Waals surface area contributed by atoms with Gasteiger partial charge in [-0.05, 0) is 37.1 Å². The van der Waals surface area contributed by atoms with Crippen LogP contribution in [0.5, 0.6) is 0 Å². The standard InChI is InChI=1S/C14H22N2O/c1-15(2)13-7-5-12(6-8-13)10-16-9-3-4-14(16)11-17/h5-8,14,17H,3-4,9-11H2,1-2H3. The van der Waals surface area contributed by atoms with E-state index in [0.29, 0.717) is 6.04 Å². The molecule has 1 saturated heterocycles. The molecule has 1 fully saturated rings. The normalized spacial score (nSPS) is 20.8. The van der Waals surface area contributed by atoms with Gasteiger partial charge in [-0.1, -0.05) is 12.1 Å². The van der Waals surface area contributed by atoms with Gasteiger partial charge in [0.05, 0.1) is 6.61 Å². The van der Waals surface area contributed by atoms with Crippen molar-refractivity contribution in [2.24, 2.45) is 0 Å². The fraction of sp³-hybridized carbons (Fsp3) is 0.571. The van der Waals surface area contributed by atoms with Gasteiger partial charge in [-0.2, -0.15) is 0 Å². The van der Waals surface area contributed by atoms with Crippen LogP contribution in [0.1, 0.15) is 18.4 Å². The lowest BCUT2D eigenvalue weighted by atomic mass is 10.1. The van der Waals surface area contributed by atoms with Crippen LogP contribution >= 0.6 is 0 Å². The SMILES string of the molecule is CN(C)c1ccc(CN2CCCC2CO)cc1. The topological polar surface area (TPSA) is 26.7 Å². The van der Waals surface area contributed by atoms with E-state index in [-0.39, 0.29) is 6.61 Å². The van der Waals surface area contributed by atoms with E-state index in [1.165, 1.54) is 17.7 Å². The number of anilines is 1. The Balaban J connectivity index is 1.99. The molecule has 0 bridgehead atoms. The van der Waals surface area contributed by atoms with Crippen LogP contribution in [0.25, 0.3) is 0 Å². The minimum atomic E-state index is 0.287. The Morgan fingerprint density at radius 3 is 2.59 bits per heavy atom. The molecular weight excluding hydrogens is 212 g/mol. The largest absolute Gasteiger partial charge is 0.395 e. The fourth-order valence-electron chi connectivity index (χ4n) is 2.44. The van der Waals surface area contributed by atoms with Crippen LogP contribution < -0.4 is 4.90 Å². The predicted molar refractivity (Wildman–Crippen MR) is 71.3 cm³/mol. The number of hydrogen-bond acceptors (Lipinski definition) is 3. The van der Waals surface area contributed by atoms with Crippen LogP contribution in [-0.2, 0) is 6.54 Å². The molecule has 1 atom stereocenters. The first-order chi connectivity index (χ1) is 8.20. The number of aliphatic hydroxyl groups excluding tert-OH is 1.